The molecule has 8 heteroatoms. The average Bonchev–Trinajstić information content (AvgIpc) is 3.48. The fourth-order valence-corrected chi connectivity index (χ4v) is 7.34. The summed E-state index contributed by atoms with van der Waals surface area (Å²) in [7, 11) is 1.61. The number of hydrogen-bond donors (Lipinski definition) is 1. The first kappa shape index (κ1) is 30.6. The molecule has 0 bridgehead atoms. The number of fused-ring (bicyclic) bond motifs is 1. The van der Waals surface area contributed by atoms with Crippen LogP contribution in [0, 0.1) is 12.8 Å². The van der Waals surface area contributed by atoms with E-state index in [1.54, 1.807) is 7.11 Å². The third-order valence-corrected chi connectivity index (χ3v) is 9.71. The Labute approximate surface area is 260 Å². The van der Waals surface area contributed by atoms with Gasteiger partial charge < -0.3 is 24.2 Å². The summed E-state index contributed by atoms with van der Waals surface area (Å²) in [6, 6.07) is 17.2. The van der Waals surface area contributed by atoms with Gasteiger partial charge in [-0.3, -0.25) is 9.69 Å². The lowest BCUT2D eigenvalue weighted by molar-refractivity contribution is -0.142. The van der Waals surface area contributed by atoms with E-state index >= 15 is 0 Å². The second kappa shape index (κ2) is 13.7. The third-order valence-electron chi connectivity index (χ3n) is 9.71. The van der Waals surface area contributed by atoms with Crippen molar-refractivity contribution < 1.29 is 24.1 Å². The lowest BCUT2D eigenvalue weighted by atomic mass is 9.90. The number of nitrogens with zero attached hydrogens (tertiary/aromatic N) is 3. The molecule has 2 atom stereocenters. The Hall–Kier alpha value is -3.46. The first-order valence-electron chi connectivity index (χ1n) is 16.1. The standard InChI is InChI=1S/C36H45N3O5/c1-4-26-19-25(20-27-11-15-38(21-31(26)27)28-13-17-43-18-14-28)22-44-35-24(2)7-5-8-29(35)32-9-6-10-34(37-32)39-16-12-30(36(40)41)33(39)23-42-3/h5-10,19-20,28,30,33H,4,11-18,21-23H2,1-3H3,(H,40,41). The number of carboxylic acids is 1. The first-order chi connectivity index (χ1) is 21.5. The van der Waals surface area contributed by atoms with Gasteiger partial charge in [0, 0.05) is 51.6 Å². The van der Waals surface area contributed by atoms with Crippen molar-refractivity contribution in [1.82, 2.24) is 9.88 Å². The molecule has 3 aliphatic heterocycles. The molecule has 44 heavy (non-hydrogen) atoms. The molecule has 4 heterocycles. The Kier molecular flexibility index (Phi) is 9.50. The molecule has 0 saturated carbocycles. The summed E-state index contributed by atoms with van der Waals surface area (Å²) in [4.78, 5) is 21.7. The van der Waals surface area contributed by atoms with E-state index in [9.17, 15) is 9.90 Å². The second-order valence-electron chi connectivity index (χ2n) is 12.4. The van der Waals surface area contributed by atoms with Crippen molar-refractivity contribution in [2.75, 3.05) is 44.9 Å². The second-order valence-corrected chi connectivity index (χ2v) is 12.4. The molecule has 0 radical (unpaired) electrons. The van der Waals surface area contributed by atoms with Gasteiger partial charge in [0.25, 0.3) is 0 Å². The number of hydrogen-bond acceptors (Lipinski definition) is 7. The van der Waals surface area contributed by atoms with Crippen LogP contribution in [0.1, 0.15) is 54.0 Å². The fourth-order valence-electron chi connectivity index (χ4n) is 7.34. The van der Waals surface area contributed by atoms with Crippen LogP contribution in [-0.4, -0.2) is 73.1 Å². The number of methoxy groups -OCH3 is 1. The average molecular weight is 600 g/mol. The van der Waals surface area contributed by atoms with Crippen LogP contribution in [0.5, 0.6) is 5.75 Å². The Morgan fingerprint density at radius 1 is 1.09 bits per heavy atom. The smallest absolute Gasteiger partial charge is 0.308 e. The van der Waals surface area contributed by atoms with Crippen LogP contribution in [0.25, 0.3) is 11.3 Å². The summed E-state index contributed by atoms with van der Waals surface area (Å²) in [5.41, 5.74) is 8.39. The highest BCUT2D eigenvalue weighted by molar-refractivity contribution is 5.74. The Balaban J connectivity index is 1.22. The summed E-state index contributed by atoms with van der Waals surface area (Å²) in [6.07, 6.45) is 4.92. The number of aryl methyl sites for hydroxylation is 2. The molecule has 3 aromatic rings. The van der Waals surface area contributed by atoms with E-state index in [4.69, 9.17) is 19.2 Å². The molecular formula is C36H45N3O5. The molecule has 0 amide bonds. The van der Waals surface area contributed by atoms with Gasteiger partial charge >= 0.3 is 5.97 Å². The highest BCUT2D eigenvalue weighted by atomic mass is 16.5. The van der Waals surface area contributed by atoms with Crippen LogP contribution >= 0.6 is 0 Å². The van der Waals surface area contributed by atoms with Gasteiger partial charge in [-0.15, -0.1) is 0 Å². The number of rotatable bonds is 10. The maximum Gasteiger partial charge on any atom is 0.308 e. The number of aromatic nitrogens is 1. The predicted octanol–water partition coefficient (Wildman–Crippen LogP) is 5.66. The van der Waals surface area contributed by atoms with Crippen molar-refractivity contribution in [2.24, 2.45) is 5.92 Å². The van der Waals surface area contributed by atoms with E-state index in [0.29, 0.717) is 32.2 Å². The zero-order chi connectivity index (χ0) is 30.6. The quantitative estimate of drug-likeness (QED) is 0.320. The lowest BCUT2D eigenvalue weighted by Crippen LogP contribution is -2.42. The molecule has 1 aromatic heterocycles. The number of anilines is 1. The van der Waals surface area contributed by atoms with Gasteiger partial charge in [0.05, 0.1) is 24.3 Å². The summed E-state index contributed by atoms with van der Waals surface area (Å²) in [6.45, 7) is 9.68. The normalized spacial score (nSPS) is 20.9. The van der Waals surface area contributed by atoms with Gasteiger partial charge in [-0.2, -0.15) is 0 Å². The van der Waals surface area contributed by atoms with Crippen molar-refractivity contribution in [3.05, 3.63) is 76.3 Å². The molecule has 1 N–H and O–H groups in total. The maximum absolute atomic E-state index is 11.9. The number of aliphatic carboxylic acids is 1. The molecule has 2 saturated heterocycles. The molecular weight excluding hydrogens is 554 g/mol. The van der Waals surface area contributed by atoms with Gasteiger partial charge in [-0.1, -0.05) is 37.3 Å². The van der Waals surface area contributed by atoms with Crippen LogP contribution in [0.3, 0.4) is 0 Å². The molecule has 0 spiro atoms. The maximum atomic E-state index is 11.9. The van der Waals surface area contributed by atoms with Crippen LogP contribution in [0.4, 0.5) is 5.82 Å². The van der Waals surface area contributed by atoms with Crippen molar-refractivity contribution in [1.29, 1.82) is 0 Å². The molecule has 2 fully saturated rings. The number of carboxylic acid groups (broad SMARTS) is 1. The summed E-state index contributed by atoms with van der Waals surface area (Å²) in [5, 5.41) is 9.77. The molecule has 6 rings (SSSR count). The summed E-state index contributed by atoms with van der Waals surface area (Å²) in [5.74, 6) is 0.327. The minimum Gasteiger partial charge on any atom is -0.488 e. The predicted molar refractivity (Wildman–Crippen MR) is 171 cm³/mol. The highest BCUT2D eigenvalue weighted by Gasteiger charge is 2.39. The van der Waals surface area contributed by atoms with E-state index < -0.39 is 11.9 Å². The molecule has 3 aliphatic rings. The SMILES string of the molecule is CCc1cc(COc2c(C)cccc2-c2cccc(N3CCC(C(=O)O)C3COC)n2)cc2c1CN(C1CCOCC1)CC2. The zero-order valence-electron chi connectivity index (χ0n) is 26.3. The lowest BCUT2D eigenvalue weighted by Gasteiger charge is -2.38. The van der Waals surface area contributed by atoms with Crippen molar-refractivity contribution in [3.63, 3.8) is 0 Å². The van der Waals surface area contributed by atoms with E-state index in [1.165, 1.54) is 22.3 Å². The molecule has 0 aliphatic carbocycles. The first-order valence-corrected chi connectivity index (χ1v) is 16.1. The van der Waals surface area contributed by atoms with Crippen molar-refractivity contribution in [3.8, 4) is 17.0 Å². The highest BCUT2D eigenvalue weighted by Crippen LogP contribution is 2.36. The minimum atomic E-state index is -0.787. The number of pyridine rings is 1. The van der Waals surface area contributed by atoms with Gasteiger partial charge in [0.15, 0.2) is 0 Å². The Morgan fingerprint density at radius 3 is 2.68 bits per heavy atom. The van der Waals surface area contributed by atoms with E-state index in [2.05, 4.69) is 47.9 Å². The monoisotopic (exact) mass is 599 g/mol. The van der Waals surface area contributed by atoms with Crippen LogP contribution in [0.15, 0.2) is 48.5 Å². The zero-order valence-corrected chi connectivity index (χ0v) is 26.3. The van der Waals surface area contributed by atoms with Crippen LogP contribution in [0.2, 0.25) is 0 Å². The van der Waals surface area contributed by atoms with Gasteiger partial charge in [0.1, 0.15) is 18.2 Å². The van der Waals surface area contributed by atoms with Crippen LogP contribution in [-0.2, 0) is 40.3 Å². The molecule has 8 nitrogen and oxygen atoms in total. The minimum absolute atomic E-state index is 0.256. The van der Waals surface area contributed by atoms with Crippen molar-refractivity contribution in [2.45, 2.75) is 71.2 Å². The van der Waals surface area contributed by atoms with E-state index in [-0.39, 0.29) is 6.04 Å². The van der Waals surface area contributed by atoms with Crippen LogP contribution < -0.4 is 9.64 Å². The summed E-state index contributed by atoms with van der Waals surface area (Å²) >= 11 is 0. The number of para-hydroxylation sites is 1. The summed E-state index contributed by atoms with van der Waals surface area (Å²) < 4.78 is 17.6. The van der Waals surface area contributed by atoms with E-state index in [0.717, 1.165) is 80.4 Å². The van der Waals surface area contributed by atoms with Gasteiger partial charge in [0.2, 0.25) is 0 Å². The molecule has 2 unspecified atom stereocenters. The fraction of sp³-hybridized carbons (Fsp3) is 0.500. The van der Waals surface area contributed by atoms with Gasteiger partial charge in [-0.05, 0) is 85.0 Å². The number of ether oxygens (including phenoxy) is 3. The number of benzene rings is 2. The Morgan fingerprint density at radius 2 is 1.91 bits per heavy atom. The van der Waals surface area contributed by atoms with Gasteiger partial charge in [-0.25, -0.2) is 4.98 Å². The molecule has 234 valence electrons. The topological polar surface area (TPSA) is 84.4 Å². The molecule has 2 aromatic carbocycles. The van der Waals surface area contributed by atoms with Crippen molar-refractivity contribution >= 4 is 11.8 Å². The largest absolute Gasteiger partial charge is 0.488 e. The number of carbonyl (C=O) groups is 1. The Bertz CT molecular complexity index is 1450. The van der Waals surface area contributed by atoms with E-state index in [1.807, 2.05) is 24.3 Å². The third kappa shape index (κ3) is 6.34.